The van der Waals surface area contributed by atoms with Crippen LogP contribution in [0.3, 0.4) is 0 Å². The van der Waals surface area contributed by atoms with E-state index in [1.165, 1.54) is 19.3 Å². The van der Waals surface area contributed by atoms with Gasteiger partial charge in [0.1, 0.15) is 9.88 Å². The zero-order valence-corrected chi connectivity index (χ0v) is 12.4. The molecule has 1 amide bonds. The number of carbonyl (C=O) groups is 1. The molecule has 0 fully saturated rings. The molecule has 2 aromatic rings. The number of nitrogens with zero attached hydrogens (tertiary/aromatic N) is 2. The summed E-state index contributed by atoms with van der Waals surface area (Å²) in [6.07, 6.45) is -2.68. The van der Waals surface area contributed by atoms with Crippen molar-refractivity contribution in [3.05, 3.63) is 35.1 Å². The molecule has 0 aliphatic heterocycles. The van der Waals surface area contributed by atoms with Crippen molar-refractivity contribution >= 4 is 17.2 Å². The molecule has 10 heteroatoms. The number of alkyl halides is 5. The highest BCUT2D eigenvalue weighted by Gasteiger charge is 2.57. The largest absolute Gasteiger partial charge is 0.455 e. The van der Waals surface area contributed by atoms with E-state index < -0.39 is 24.6 Å². The first-order valence-electron chi connectivity index (χ1n) is 6.22. The Labute approximate surface area is 131 Å². The van der Waals surface area contributed by atoms with E-state index in [4.69, 9.17) is 0 Å². The van der Waals surface area contributed by atoms with E-state index in [1.54, 1.807) is 17.4 Å². The molecule has 1 N–H and O–H groups in total. The SMILES string of the molecule is Cc1nc(-c2cccnc2)sc1C(=O)NCC(F)(F)C(F)(F)F. The third-order valence-electron chi connectivity index (χ3n) is 2.80. The van der Waals surface area contributed by atoms with Crippen LogP contribution in [0.25, 0.3) is 10.6 Å². The molecule has 124 valence electrons. The Kier molecular flexibility index (Phi) is 4.64. The fraction of sp³-hybridized carbons (Fsp3) is 0.308. The van der Waals surface area contributed by atoms with Gasteiger partial charge >= 0.3 is 12.1 Å². The van der Waals surface area contributed by atoms with Gasteiger partial charge in [-0.05, 0) is 19.1 Å². The summed E-state index contributed by atoms with van der Waals surface area (Å²) in [7, 11) is 0. The number of pyridine rings is 1. The minimum Gasteiger partial charge on any atom is -0.345 e. The Balaban J connectivity index is 2.14. The van der Waals surface area contributed by atoms with Gasteiger partial charge in [-0.25, -0.2) is 4.98 Å². The summed E-state index contributed by atoms with van der Waals surface area (Å²) < 4.78 is 61.9. The van der Waals surface area contributed by atoms with Crippen LogP contribution < -0.4 is 5.32 Å². The third-order valence-corrected chi connectivity index (χ3v) is 4.00. The van der Waals surface area contributed by atoms with Gasteiger partial charge in [-0.1, -0.05) is 0 Å². The van der Waals surface area contributed by atoms with E-state index >= 15 is 0 Å². The van der Waals surface area contributed by atoms with Crippen molar-refractivity contribution in [3.8, 4) is 10.6 Å². The van der Waals surface area contributed by atoms with Gasteiger partial charge in [-0.3, -0.25) is 9.78 Å². The second-order valence-electron chi connectivity index (χ2n) is 4.56. The first kappa shape index (κ1) is 17.3. The second kappa shape index (κ2) is 6.19. The lowest BCUT2D eigenvalue weighted by Gasteiger charge is -2.19. The van der Waals surface area contributed by atoms with Crippen LogP contribution in [0.1, 0.15) is 15.4 Å². The number of carbonyl (C=O) groups excluding carboxylic acids is 1. The van der Waals surface area contributed by atoms with Gasteiger partial charge < -0.3 is 5.32 Å². The Bertz CT molecular complexity index is 699. The molecule has 2 heterocycles. The van der Waals surface area contributed by atoms with Crippen molar-refractivity contribution in [1.29, 1.82) is 0 Å². The topological polar surface area (TPSA) is 54.9 Å². The van der Waals surface area contributed by atoms with Crippen molar-refractivity contribution in [1.82, 2.24) is 15.3 Å². The summed E-state index contributed by atoms with van der Waals surface area (Å²) in [5, 5.41) is 2.02. The van der Waals surface area contributed by atoms with Crippen LogP contribution in [0, 0.1) is 6.92 Å². The van der Waals surface area contributed by atoms with Crippen molar-refractivity contribution in [2.75, 3.05) is 6.54 Å². The highest BCUT2D eigenvalue weighted by molar-refractivity contribution is 7.17. The average molecular weight is 351 g/mol. The van der Waals surface area contributed by atoms with Gasteiger partial charge in [-0.15, -0.1) is 11.3 Å². The van der Waals surface area contributed by atoms with Gasteiger partial charge in [0.15, 0.2) is 0 Å². The number of thiazole rings is 1. The quantitative estimate of drug-likeness (QED) is 0.859. The Morgan fingerprint density at radius 3 is 2.57 bits per heavy atom. The molecule has 4 nitrogen and oxygen atoms in total. The molecule has 0 saturated heterocycles. The molecule has 0 unspecified atom stereocenters. The predicted molar refractivity (Wildman–Crippen MR) is 73.4 cm³/mol. The Morgan fingerprint density at radius 2 is 2.00 bits per heavy atom. The molecule has 0 aromatic carbocycles. The smallest absolute Gasteiger partial charge is 0.345 e. The number of aryl methyl sites for hydroxylation is 1. The fourth-order valence-corrected chi connectivity index (χ4v) is 2.56. The lowest BCUT2D eigenvalue weighted by molar-refractivity contribution is -0.278. The summed E-state index contributed by atoms with van der Waals surface area (Å²) in [4.78, 5) is 19.8. The Morgan fingerprint density at radius 1 is 1.30 bits per heavy atom. The van der Waals surface area contributed by atoms with Crippen LogP contribution in [0.4, 0.5) is 22.0 Å². The van der Waals surface area contributed by atoms with E-state index in [0.29, 0.717) is 10.6 Å². The molecule has 0 aliphatic carbocycles. The first-order valence-corrected chi connectivity index (χ1v) is 7.04. The molecule has 0 bridgehead atoms. The number of rotatable bonds is 4. The minimum absolute atomic E-state index is 0.0261. The van der Waals surface area contributed by atoms with Crippen molar-refractivity contribution in [2.45, 2.75) is 19.0 Å². The van der Waals surface area contributed by atoms with E-state index in [2.05, 4.69) is 9.97 Å². The molecule has 23 heavy (non-hydrogen) atoms. The van der Waals surface area contributed by atoms with E-state index in [0.717, 1.165) is 11.3 Å². The monoisotopic (exact) mass is 351 g/mol. The van der Waals surface area contributed by atoms with Gasteiger partial charge in [0.2, 0.25) is 0 Å². The number of hydrogen-bond donors (Lipinski definition) is 1. The van der Waals surface area contributed by atoms with Gasteiger partial charge in [-0.2, -0.15) is 22.0 Å². The van der Waals surface area contributed by atoms with Crippen LogP contribution in [0.2, 0.25) is 0 Å². The van der Waals surface area contributed by atoms with E-state index in [9.17, 15) is 26.7 Å². The molecule has 2 rings (SSSR count). The Hall–Kier alpha value is -2.10. The number of nitrogens with one attached hydrogen (secondary N) is 1. The van der Waals surface area contributed by atoms with Crippen LogP contribution in [0.5, 0.6) is 0 Å². The number of amides is 1. The maximum atomic E-state index is 12.8. The second-order valence-corrected chi connectivity index (χ2v) is 5.56. The summed E-state index contributed by atoms with van der Waals surface area (Å²) in [5.74, 6) is -6.02. The number of halogens is 5. The standard InChI is InChI=1S/C13H10F5N3OS/c1-7-9(10(22)20-6-12(14,15)13(16,17)18)23-11(21-7)8-3-2-4-19-5-8/h2-5H,6H2,1H3,(H,20,22). The molecular formula is C13H10F5N3OS. The maximum absolute atomic E-state index is 12.8. The lowest BCUT2D eigenvalue weighted by Crippen LogP contribution is -2.46. The van der Waals surface area contributed by atoms with Gasteiger partial charge in [0.25, 0.3) is 5.91 Å². The van der Waals surface area contributed by atoms with E-state index in [-0.39, 0.29) is 10.6 Å². The van der Waals surface area contributed by atoms with Gasteiger partial charge in [0.05, 0.1) is 12.2 Å². The summed E-state index contributed by atoms with van der Waals surface area (Å²) in [6.45, 7) is -0.359. The maximum Gasteiger partial charge on any atom is 0.455 e. The molecule has 2 aromatic heterocycles. The zero-order chi connectivity index (χ0) is 17.3. The third kappa shape index (κ3) is 3.81. The van der Waals surface area contributed by atoms with Crippen LogP contribution in [-0.4, -0.2) is 34.5 Å². The molecule has 0 atom stereocenters. The number of aromatic nitrogens is 2. The summed E-state index contributed by atoms with van der Waals surface area (Å²) >= 11 is 0.889. The predicted octanol–water partition coefficient (Wildman–Crippen LogP) is 3.44. The van der Waals surface area contributed by atoms with E-state index in [1.807, 2.05) is 0 Å². The normalized spacial score (nSPS) is 12.3. The summed E-state index contributed by atoms with van der Waals surface area (Å²) in [6, 6.07) is 3.33. The minimum atomic E-state index is -5.72. The number of hydrogen-bond acceptors (Lipinski definition) is 4. The first-order chi connectivity index (χ1) is 10.6. The van der Waals surface area contributed by atoms with Gasteiger partial charge in [0, 0.05) is 18.0 Å². The van der Waals surface area contributed by atoms with Crippen LogP contribution >= 0.6 is 11.3 Å². The van der Waals surface area contributed by atoms with Crippen LogP contribution in [-0.2, 0) is 0 Å². The zero-order valence-electron chi connectivity index (χ0n) is 11.6. The molecule has 0 spiro atoms. The highest BCUT2D eigenvalue weighted by atomic mass is 32.1. The van der Waals surface area contributed by atoms with Crippen molar-refractivity contribution in [2.24, 2.45) is 0 Å². The highest BCUT2D eigenvalue weighted by Crippen LogP contribution is 2.35. The fourth-order valence-electron chi connectivity index (χ4n) is 1.59. The lowest BCUT2D eigenvalue weighted by atomic mass is 10.3. The molecule has 0 radical (unpaired) electrons. The van der Waals surface area contributed by atoms with Crippen molar-refractivity contribution in [3.63, 3.8) is 0 Å². The summed E-state index contributed by atoms with van der Waals surface area (Å²) in [5.41, 5.74) is 0.849. The van der Waals surface area contributed by atoms with Crippen LogP contribution in [0.15, 0.2) is 24.5 Å². The average Bonchev–Trinajstić information content (AvgIpc) is 2.87. The van der Waals surface area contributed by atoms with Crippen molar-refractivity contribution < 1.29 is 26.7 Å². The molecule has 0 saturated carbocycles. The molecular weight excluding hydrogens is 341 g/mol. The molecule has 0 aliphatic rings.